The fourth-order valence-corrected chi connectivity index (χ4v) is 0.0825. The maximum Gasteiger partial charge on any atom is 0.363 e. The predicted molar refractivity (Wildman–Crippen MR) is 45.7 cm³/mol. The molecule has 0 saturated heterocycles. The van der Waals surface area contributed by atoms with Crippen LogP contribution < -0.4 is 0 Å². The third-order valence-corrected chi connectivity index (χ3v) is 1.87. The molecule has 4 nitrogen and oxygen atoms in total. The van der Waals surface area contributed by atoms with Crippen molar-refractivity contribution in [1.29, 1.82) is 0 Å². The maximum atomic E-state index is 10.9. The Morgan fingerprint density at radius 1 is 1.29 bits per heavy atom. The quantitative estimate of drug-likeness (QED) is 0.693. The summed E-state index contributed by atoms with van der Waals surface area (Å²) >= 11 is 0. The lowest BCUT2D eigenvalue weighted by molar-refractivity contribution is -0.868. The van der Waals surface area contributed by atoms with Crippen molar-refractivity contribution in [3.63, 3.8) is 0 Å². The molecule has 0 aliphatic heterocycles. The fraction of sp³-hybridized carbons (Fsp3) is 1.00. The number of hydrogen-bond donors (Lipinski definition) is 0. The van der Waals surface area contributed by atoms with Crippen LogP contribution in [0, 0.1) is 0 Å². The summed E-state index contributed by atoms with van der Waals surface area (Å²) in [5, 5.41) is 0. The van der Waals surface area contributed by atoms with Gasteiger partial charge < -0.3 is 4.48 Å². The molecule has 0 aliphatic carbocycles. The number of rotatable bonds is 3. The molecular weight excluding hydrogens is 223 g/mol. The summed E-state index contributed by atoms with van der Waals surface area (Å²) in [5.74, 6) is -3.81. The number of nitrogens with zero attached hydrogens (tertiary/aromatic N) is 1. The molecule has 8 heteroatoms. The van der Waals surface area contributed by atoms with Gasteiger partial charge in [-0.15, -0.1) is 0 Å². The molecule has 0 aromatic heterocycles. The molecule has 0 rings (SSSR count). The number of hydrogen-bond acceptors (Lipinski definition) is 3. The molecule has 0 saturated carbocycles. The fourth-order valence-electron chi connectivity index (χ4n) is 0.0275. The van der Waals surface area contributed by atoms with Crippen molar-refractivity contribution in [2.75, 3.05) is 27.7 Å². The summed E-state index contributed by atoms with van der Waals surface area (Å²) in [6, 6.07) is 0. The van der Waals surface area contributed by atoms with Crippen LogP contribution in [0.3, 0.4) is 0 Å². The van der Waals surface area contributed by atoms with Crippen LogP contribution in [0.2, 0.25) is 0 Å². The van der Waals surface area contributed by atoms with E-state index in [1.807, 2.05) is 4.39 Å². The van der Waals surface area contributed by atoms with Crippen LogP contribution in [0.1, 0.15) is 6.92 Å². The Bertz CT molecular complexity index is 235. The SMILES string of the molecule is CC[N+](C)(C)C.O=S(=O)(OF)C(F)F. The molecule has 0 heterocycles. The second kappa shape index (κ2) is 6.20. The van der Waals surface area contributed by atoms with E-state index in [4.69, 9.17) is 0 Å². The topological polar surface area (TPSA) is 43.4 Å². The standard InChI is InChI=1S/C5H14N.CHF3O3S/c1-5-6(2,3)4;2-1(3)8(5,6)7-4/h5H2,1-4H3;1H/q+1;. The van der Waals surface area contributed by atoms with Gasteiger partial charge in [0.25, 0.3) is 0 Å². The molecule has 0 atom stereocenters. The van der Waals surface area contributed by atoms with E-state index in [0.717, 1.165) is 4.48 Å². The minimum Gasteiger partial charge on any atom is -0.331 e. The Balaban J connectivity index is 0. The average Bonchev–Trinajstić information content (AvgIpc) is 2.04. The van der Waals surface area contributed by atoms with Crippen molar-refractivity contribution in [2.45, 2.75) is 12.7 Å². The molecule has 0 N–H and O–H groups in total. The van der Waals surface area contributed by atoms with Crippen molar-refractivity contribution in [3.05, 3.63) is 0 Å². The summed E-state index contributed by atoms with van der Waals surface area (Å²) in [4.78, 5) is 0. The highest BCUT2D eigenvalue weighted by atomic mass is 32.2. The van der Waals surface area contributed by atoms with Crippen molar-refractivity contribution in [2.24, 2.45) is 0 Å². The molecule has 0 amide bonds. The molecule has 88 valence electrons. The van der Waals surface area contributed by atoms with Gasteiger partial charge in [0.05, 0.1) is 27.7 Å². The Labute approximate surface area is 81.9 Å². The van der Waals surface area contributed by atoms with Crippen molar-refractivity contribution in [1.82, 2.24) is 0 Å². The number of quaternary nitrogens is 1. The summed E-state index contributed by atoms with van der Waals surface area (Å²) < 4.78 is 53.9. The van der Waals surface area contributed by atoms with E-state index in [1.165, 1.54) is 6.54 Å². The smallest absolute Gasteiger partial charge is 0.331 e. The van der Waals surface area contributed by atoms with E-state index in [2.05, 4.69) is 28.1 Å². The van der Waals surface area contributed by atoms with Crippen LogP contribution in [0.5, 0.6) is 0 Å². The first-order chi connectivity index (χ1) is 6.06. The third-order valence-electron chi connectivity index (χ3n) is 1.25. The average molecular weight is 238 g/mol. The van der Waals surface area contributed by atoms with Crippen molar-refractivity contribution in [3.8, 4) is 0 Å². The second-order valence-corrected chi connectivity index (χ2v) is 4.89. The summed E-state index contributed by atoms with van der Waals surface area (Å²) in [6.45, 7) is 3.39. The first-order valence-corrected chi connectivity index (χ1v) is 5.16. The van der Waals surface area contributed by atoms with Gasteiger partial charge in [0, 0.05) is 0 Å². The predicted octanol–water partition coefficient (Wildman–Crippen LogP) is 1.15. The summed E-state index contributed by atoms with van der Waals surface area (Å²) in [6.07, 6.45) is 0. The van der Waals surface area contributed by atoms with Crippen molar-refractivity contribution >= 4 is 10.1 Å². The van der Waals surface area contributed by atoms with Gasteiger partial charge in [-0.1, -0.05) is 4.39 Å². The lowest BCUT2D eigenvalue weighted by Gasteiger charge is -2.20. The Kier molecular flexibility index (Phi) is 7.13. The molecule has 0 aromatic carbocycles. The largest absolute Gasteiger partial charge is 0.363 e. The van der Waals surface area contributed by atoms with E-state index in [1.54, 1.807) is 0 Å². The zero-order valence-corrected chi connectivity index (χ0v) is 9.32. The monoisotopic (exact) mass is 238 g/mol. The zero-order chi connectivity index (χ0) is 12.0. The van der Waals surface area contributed by atoms with E-state index in [-0.39, 0.29) is 0 Å². The molecule has 14 heavy (non-hydrogen) atoms. The van der Waals surface area contributed by atoms with Gasteiger partial charge in [0.2, 0.25) is 0 Å². The van der Waals surface area contributed by atoms with Gasteiger partial charge >= 0.3 is 15.9 Å². The molecule has 0 unspecified atom stereocenters. The van der Waals surface area contributed by atoms with E-state index >= 15 is 0 Å². The highest BCUT2D eigenvalue weighted by Gasteiger charge is 2.25. The normalized spacial score (nSPS) is 12.3. The van der Waals surface area contributed by atoms with Gasteiger partial charge in [0.15, 0.2) is 0 Å². The van der Waals surface area contributed by atoms with Crippen LogP contribution in [0.25, 0.3) is 0 Å². The second-order valence-electron chi connectivity index (χ2n) is 3.42. The molecular formula is C6H15F3NO3S+. The zero-order valence-electron chi connectivity index (χ0n) is 8.50. The van der Waals surface area contributed by atoms with Gasteiger partial charge in [-0.3, -0.25) is 0 Å². The van der Waals surface area contributed by atoms with Gasteiger partial charge in [-0.2, -0.15) is 17.2 Å². The Morgan fingerprint density at radius 3 is 1.57 bits per heavy atom. The summed E-state index contributed by atoms with van der Waals surface area (Å²) in [5.41, 5.74) is 0. The third kappa shape index (κ3) is 9.75. The number of alkyl halides is 2. The van der Waals surface area contributed by atoms with Crippen LogP contribution in [0.4, 0.5) is 13.3 Å². The molecule has 0 aromatic rings. The first-order valence-electron chi connectivity index (χ1n) is 3.69. The number of halogens is 3. The Morgan fingerprint density at radius 2 is 1.57 bits per heavy atom. The van der Waals surface area contributed by atoms with Crippen LogP contribution in [0.15, 0.2) is 0 Å². The molecule has 0 bridgehead atoms. The van der Waals surface area contributed by atoms with Crippen LogP contribution >= 0.6 is 0 Å². The van der Waals surface area contributed by atoms with Gasteiger partial charge in [-0.05, 0) is 11.4 Å². The highest BCUT2D eigenvalue weighted by molar-refractivity contribution is 7.86. The minimum absolute atomic E-state index is 1.07. The maximum absolute atomic E-state index is 10.9. The van der Waals surface area contributed by atoms with Gasteiger partial charge in [0.1, 0.15) is 0 Å². The Hall–Kier alpha value is -0.340. The molecule has 0 spiro atoms. The highest BCUT2D eigenvalue weighted by Crippen LogP contribution is 2.06. The lowest BCUT2D eigenvalue weighted by atomic mass is 10.6. The van der Waals surface area contributed by atoms with Crippen LogP contribution in [-0.2, 0) is 14.5 Å². The lowest BCUT2D eigenvalue weighted by Crippen LogP contribution is -2.33. The van der Waals surface area contributed by atoms with E-state index in [9.17, 15) is 21.7 Å². The summed E-state index contributed by atoms with van der Waals surface area (Å²) in [7, 11) is 1.31. The molecule has 0 radical (unpaired) electrons. The van der Waals surface area contributed by atoms with Gasteiger partial charge in [-0.25, -0.2) is 0 Å². The minimum atomic E-state index is -5.24. The molecule has 0 fully saturated rings. The van der Waals surface area contributed by atoms with Crippen LogP contribution in [-0.4, -0.2) is 46.3 Å². The van der Waals surface area contributed by atoms with Crippen molar-refractivity contribution < 1.29 is 30.6 Å². The molecule has 0 aliphatic rings. The van der Waals surface area contributed by atoms with E-state index in [0.29, 0.717) is 0 Å². The van der Waals surface area contributed by atoms with E-state index < -0.39 is 15.9 Å². The first kappa shape index (κ1) is 16.1.